The minimum atomic E-state index is 0.135. The summed E-state index contributed by atoms with van der Waals surface area (Å²) in [4.78, 5) is 14.4. The Morgan fingerprint density at radius 2 is 2.18 bits per heavy atom. The molecule has 0 aromatic carbocycles. The van der Waals surface area contributed by atoms with E-state index in [0.29, 0.717) is 6.54 Å². The maximum absolute atomic E-state index is 12.5. The van der Waals surface area contributed by atoms with E-state index in [1.807, 2.05) is 4.90 Å². The van der Waals surface area contributed by atoms with Crippen LogP contribution in [0.25, 0.3) is 0 Å². The Kier molecular flexibility index (Phi) is 5.05. The van der Waals surface area contributed by atoms with Crippen molar-refractivity contribution in [2.24, 2.45) is 11.3 Å². The summed E-state index contributed by atoms with van der Waals surface area (Å²) in [7, 11) is 0. The average molecular weight is 235 g/mol. The number of hydrogen-bond acceptors (Lipinski definition) is 1. The highest BCUT2D eigenvalue weighted by Crippen LogP contribution is 2.41. The molecule has 0 aromatic rings. The Morgan fingerprint density at radius 1 is 1.47 bits per heavy atom. The summed E-state index contributed by atoms with van der Waals surface area (Å²) in [5.41, 5.74) is 0.135. The van der Waals surface area contributed by atoms with Crippen LogP contribution >= 0.6 is 0 Å². The molecule has 1 rings (SSSR count). The van der Waals surface area contributed by atoms with Gasteiger partial charge in [0, 0.05) is 12.5 Å². The molecule has 96 valence electrons. The van der Waals surface area contributed by atoms with Gasteiger partial charge in [-0.05, 0) is 24.7 Å². The first-order chi connectivity index (χ1) is 8.03. The van der Waals surface area contributed by atoms with Crippen molar-refractivity contribution in [1.82, 2.24) is 4.90 Å². The highest BCUT2D eigenvalue weighted by atomic mass is 16.2. The molecule has 1 amide bonds. The van der Waals surface area contributed by atoms with E-state index in [4.69, 9.17) is 6.42 Å². The lowest BCUT2D eigenvalue weighted by Crippen LogP contribution is -2.44. The molecule has 2 nitrogen and oxygen atoms in total. The number of hydrogen-bond donors (Lipinski definition) is 0. The van der Waals surface area contributed by atoms with Crippen molar-refractivity contribution in [2.45, 2.75) is 52.9 Å². The molecule has 0 aliphatic heterocycles. The number of rotatable bonds is 4. The molecule has 2 heteroatoms. The van der Waals surface area contributed by atoms with Gasteiger partial charge in [-0.1, -0.05) is 39.5 Å². The Bertz CT molecular complexity index is 301. The van der Waals surface area contributed by atoms with Crippen molar-refractivity contribution in [1.29, 1.82) is 0 Å². The molecule has 0 heterocycles. The van der Waals surface area contributed by atoms with Crippen molar-refractivity contribution >= 4 is 5.91 Å². The third kappa shape index (κ3) is 3.49. The zero-order valence-corrected chi connectivity index (χ0v) is 11.5. The maximum atomic E-state index is 12.5. The van der Waals surface area contributed by atoms with Gasteiger partial charge in [0.1, 0.15) is 0 Å². The van der Waals surface area contributed by atoms with Gasteiger partial charge < -0.3 is 4.90 Å². The van der Waals surface area contributed by atoms with Gasteiger partial charge in [-0.25, -0.2) is 0 Å². The first-order valence-corrected chi connectivity index (χ1v) is 6.75. The molecule has 17 heavy (non-hydrogen) atoms. The van der Waals surface area contributed by atoms with Gasteiger partial charge in [-0.3, -0.25) is 4.79 Å². The summed E-state index contributed by atoms with van der Waals surface area (Å²) in [6.45, 7) is 7.77. The summed E-state index contributed by atoms with van der Waals surface area (Å²) in [6, 6.07) is 0. The first kappa shape index (κ1) is 14.1. The summed E-state index contributed by atoms with van der Waals surface area (Å²) in [5.74, 6) is 3.04. The number of carbonyl (C=O) groups excluding carboxylic acids is 1. The summed E-state index contributed by atoms with van der Waals surface area (Å²) in [5, 5.41) is 0. The largest absolute Gasteiger partial charge is 0.331 e. The second kappa shape index (κ2) is 6.10. The van der Waals surface area contributed by atoms with E-state index in [-0.39, 0.29) is 17.2 Å². The summed E-state index contributed by atoms with van der Waals surface area (Å²) in [6.07, 6.45) is 10.9. The summed E-state index contributed by atoms with van der Waals surface area (Å²) < 4.78 is 0. The van der Waals surface area contributed by atoms with Gasteiger partial charge in [0.25, 0.3) is 0 Å². The number of carbonyl (C=O) groups is 1. The molecule has 1 atom stereocenters. The van der Waals surface area contributed by atoms with E-state index >= 15 is 0 Å². The van der Waals surface area contributed by atoms with Crippen LogP contribution in [0.2, 0.25) is 0 Å². The lowest BCUT2D eigenvalue weighted by molar-refractivity contribution is -0.140. The van der Waals surface area contributed by atoms with Crippen LogP contribution in [0.15, 0.2) is 0 Å². The van der Waals surface area contributed by atoms with Crippen molar-refractivity contribution in [2.75, 3.05) is 13.1 Å². The van der Waals surface area contributed by atoms with Crippen LogP contribution in [0.4, 0.5) is 0 Å². The second-order valence-electron chi connectivity index (χ2n) is 5.75. The minimum absolute atomic E-state index is 0.135. The van der Waals surface area contributed by atoms with Crippen LogP contribution in [0, 0.1) is 23.7 Å². The lowest BCUT2D eigenvalue weighted by atomic mass is 9.68. The van der Waals surface area contributed by atoms with E-state index < -0.39 is 0 Å². The van der Waals surface area contributed by atoms with Crippen LogP contribution in [-0.2, 0) is 4.79 Å². The third-order valence-electron chi connectivity index (χ3n) is 3.89. The number of terminal acetylenes is 1. The Balaban J connectivity index is 2.74. The smallest absolute Gasteiger partial charge is 0.227 e. The van der Waals surface area contributed by atoms with Crippen LogP contribution in [0.3, 0.4) is 0 Å². The average Bonchev–Trinajstić information content (AvgIpc) is 2.27. The molecular weight excluding hydrogens is 210 g/mol. The van der Waals surface area contributed by atoms with Gasteiger partial charge in [0.05, 0.1) is 6.54 Å². The van der Waals surface area contributed by atoms with Crippen LogP contribution in [-0.4, -0.2) is 23.9 Å². The topological polar surface area (TPSA) is 20.3 Å². The predicted octanol–water partition coefficient (Wildman–Crippen LogP) is 3.07. The van der Waals surface area contributed by atoms with E-state index in [1.54, 1.807) is 0 Å². The van der Waals surface area contributed by atoms with Gasteiger partial charge in [0.2, 0.25) is 5.91 Å². The zero-order chi connectivity index (χ0) is 12.9. The van der Waals surface area contributed by atoms with E-state index in [0.717, 1.165) is 25.8 Å². The predicted molar refractivity (Wildman–Crippen MR) is 71.4 cm³/mol. The Hall–Kier alpha value is -0.970. The molecule has 0 aromatic heterocycles. The van der Waals surface area contributed by atoms with Gasteiger partial charge >= 0.3 is 0 Å². The normalized spacial score (nSPS) is 22.8. The lowest BCUT2D eigenvalue weighted by Gasteiger charge is -2.39. The van der Waals surface area contributed by atoms with Crippen molar-refractivity contribution in [3.8, 4) is 12.3 Å². The molecule has 1 fully saturated rings. The second-order valence-corrected chi connectivity index (χ2v) is 5.75. The van der Waals surface area contributed by atoms with Crippen LogP contribution in [0.5, 0.6) is 0 Å². The molecule has 1 saturated carbocycles. The van der Waals surface area contributed by atoms with Gasteiger partial charge in [-0.2, -0.15) is 0 Å². The van der Waals surface area contributed by atoms with E-state index in [1.165, 1.54) is 12.8 Å². The van der Waals surface area contributed by atoms with Crippen LogP contribution < -0.4 is 0 Å². The molecule has 1 aliphatic carbocycles. The fourth-order valence-electron chi connectivity index (χ4n) is 2.82. The molecule has 0 spiro atoms. The summed E-state index contributed by atoms with van der Waals surface area (Å²) >= 11 is 0. The molecule has 0 radical (unpaired) electrons. The monoisotopic (exact) mass is 235 g/mol. The quantitative estimate of drug-likeness (QED) is 0.686. The molecule has 0 saturated heterocycles. The van der Waals surface area contributed by atoms with Gasteiger partial charge in [-0.15, -0.1) is 6.42 Å². The maximum Gasteiger partial charge on any atom is 0.227 e. The molecule has 1 aliphatic rings. The van der Waals surface area contributed by atoms with E-state index in [2.05, 4.69) is 26.7 Å². The Labute approximate surface area is 106 Å². The number of nitrogens with zero attached hydrogens (tertiary/aromatic N) is 1. The van der Waals surface area contributed by atoms with Crippen molar-refractivity contribution in [3.63, 3.8) is 0 Å². The molecule has 0 N–H and O–H groups in total. The van der Waals surface area contributed by atoms with Crippen molar-refractivity contribution in [3.05, 3.63) is 0 Å². The standard InChI is InChI=1S/C15H25NO/c1-5-11-16(12-6-2)14(17)13-9-7-8-10-15(13,3)4/h1,13H,6-12H2,2-4H3. The third-order valence-corrected chi connectivity index (χ3v) is 3.89. The highest BCUT2D eigenvalue weighted by Gasteiger charge is 2.38. The van der Waals surface area contributed by atoms with E-state index in [9.17, 15) is 4.79 Å². The fraction of sp³-hybridized carbons (Fsp3) is 0.800. The molecule has 0 bridgehead atoms. The SMILES string of the molecule is C#CCN(CCC)C(=O)C1CCCCC1(C)C. The number of amides is 1. The first-order valence-electron chi connectivity index (χ1n) is 6.75. The molecule has 1 unspecified atom stereocenters. The molecular formula is C15H25NO. The highest BCUT2D eigenvalue weighted by molar-refractivity contribution is 5.80. The Morgan fingerprint density at radius 3 is 2.71 bits per heavy atom. The van der Waals surface area contributed by atoms with Crippen LogP contribution in [0.1, 0.15) is 52.9 Å². The van der Waals surface area contributed by atoms with Crippen molar-refractivity contribution < 1.29 is 4.79 Å². The zero-order valence-electron chi connectivity index (χ0n) is 11.5. The minimum Gasteiger partial charge on any atom is -0.331 e. The van der Waals surface area contributed by atoms with Gasteiger partial charge in [0.15, 0.2) is 0 Å². The fourth-order valence-corrected chi connectivity index (χ4v) is 2.82.